The largest absolute Gasteiger partial charge is 0.387 e. The molecule has 0 spiro atoms. The number of carbonyl (C=O) groups excluding carboxylic acids is 1. The molecule has 2 heterocycles. The Morgan fingerprint density at radius 2 is 2.15 bits per heavy atom. The molecule has 1 N–H and O–H groups in total. The van der Waals surface area contributed by atoms with E-state index in [1.807, 2.05) is 17.0 Å². The first-order valence-corrected chi connectivity index (χ1v) is 7.48. The molecule has 0 aromatic carbocycles. The van der Waals surface area contributed by atoms with Gasteiger partial charge in [0.25, 0.3) is 0 Å². The molecule has 2 unspecified atom stereocenters. The number of hydrogen-bond donors (Lipinski definition) is 1. The normalized spacial score (nSPS) is 29.7. The molecule has 108 valence electrons. The zero-order chi connectivity index (χ0) is 14.2. The second-order valence-corrected chi connectivity index (χ2v) is 6.30. The first-order valence-electron chi connectivity index (χ1n) is 7.48. The van der Waals surface area contributed by atoms with Crippen LogP contribution in [0, 0.1) is 11.8 Å². The number of aliphatic hydroxyl groups is 1. The van der Waals surface area contributed by atoms with Crippen molar-refractivity contribution >= 4 is 5.91 Å². The predicted octanol–water partition coefficient (Wildman–Crippen LogP) is 1.63. The Morgan fingerprint density at radius 1 is 1.45 bits per heavy atom. The number of aromatic nitrogens is 1. The molecule has 0 bridgehead atoms. The van der Waals surface area contributed by atoms with Gasteiger partial charge in [-0.15, -0.1) is 0 Å². The van der Waals surface area contributed by atoms with Gasteiger partial charge in [0, 0.05) is 37.8 Å². The number of amides is 1. The van der Waals surface area contributed by atoms with Crippen LogP contribution in [0.25, 0.3) is 0 Å². The Labute approximate surface area is 119 Å². The lowest BCUT2D eigenvalue weighted by Gasteiger charge is -2.26. The van der Waals surface area contributed by atoms with Gasteiger partial charge in [-0.25, -0.2) is 0 Å². The fourth-order valence-electron chi connectivity index (χ4n) is 3.28. The number of hydrogen-bond acceptors (Lipinski definition) is 3. The van der Waals surface area contributed by atoms with Crippen LogP contribution in [0.5, 0.6) is 0 Å². The van der Waals surface area contributed by atoms with E-state index in [2.05, 4.69) is 11.9 Å². The number of likely N-dealkylation sites (tertiary alicyclic amines) is 1. The van der Waals surface area contributed by atoms with E-state index < -0.39 is 5.60 Å². The third-order valence-electron chi connectivity index (χ3n) is 4.81. The zero-order valence-corrected chi connectivity index (χ0v) is 12.0. The quantitative estimate of drug-likeness (QED) is 0.908. The van der Waals surface area contributed by atoms with E-state index in [9.17, 15) is 9.90 Å². The monoisotopic (exact) mass is 274 g/mol. The van der Waals surface area contributed by atoms with Crippen molar-refractivity contribution in [1.29, 1.82) is 0 Å². The summed E-state index contributed by atoms with van der Waals surface area (Å²) in [5.74, 6) is 0.764. The molecule has 2 aliphatic rings. The van der Waals surface area contributed by atoms with Gasteiger partial charge in [-0.1, -0.05) is 6.92 Å². The van der Waals surface area contributed by atoms with E-state index >= 15 is 0 Å². The first-order chi connectivity index (χ1) is 9.59. The summed E-state index contributed by atoms with van der Waals surface area (Å²) in [7, 11) is 0. The number of nitrogens with zero attached hydrogens (tertiary/aromatic N) is 2. The lowest BCUT2D eigenvalue weighted by Crippen LogP contribution is -2.40. The third kappa shape index (κ3) is 2.57. The highest BCUT2D eigenvalue weighted by Crippen LogP contribution is 2.47. The molecule has 0 radical (unpaired) electrons. The van der Waals surface area contributed by atoms with Crippen LogP contribution in [0.15, 0.2) is 24.5 Å². The SMILES string of the molecule is CC1CN(C(=O)CCc2ccncc2)CC1(O)C1CC1. The van der Waals surface area contributed by atoms with E-state index in [0.717, 1.165) is 24.8 Å². The van der Waals surface area contributed by atoms with Gasteiger partial charge < -0.3 is 10.0 Å². The van der Waals surface area contributed by atoms with Crippen molar-refractivity contribution in [2.24, 2.45) is 11.8 Å². The summed E-state index contributed by atoms with van der Waals surface area (Å²) in [6.07, 6.45) is 6.98. The topological polar surface area (TPSA) is 53.4 Å². The zero-order valence-electron chi connectivity index (χ0n) is 12.0. The standard InChI is InChI=1S/C16H22N2O2/c1-12-10-18(11-16(12,20)14-3-4-14)15(19)5-2-13-6-8-17-9-7-13/h6-9,12,14,20H,2-5,10-11H2,1H3. The van der Waals surface area contributed by atoms with Gasteiger partial charge >= 0.3 is 0 Å². The van der Waals surface area contributed by atoms with Gasteiger partial charge in [0.15, 0.2) is 0 Å². The molecule has 3 rings (SSSR count). The average Bonchev–Trinajstić information content (AvgIpc) is 3.26. The highest BCUT2D eigenvalue weighted by atomic mass is 16.3. The predicted molar refractivity (Wildman–Crippen MR) is 76.0 cm³/mol. The minimum absolute atomic E-state index is 0.158. The Morgan fingerprint density at radius 3 is 2.80 bits per heavy atom. The lowest BCUT2D eigenvalue weighted by atomic mass is 9.88. The van der Waals surface area contributed by atoms with Crippen molar-refractivity contribution < 1.29 is 9.90 Å². The highest BCUT2D eigenvalue weighted by molar-refractivity contribution is 5.77. The molecule has 20 heavy (non-hydrogen) atoms. The average molecular weight is 274 g/mol. The second-order valence-electron chi connectivity index (χ2n) is 6.30. The number of rotatable bonds is 4. The van der Waals surface area contributed by atoms with Crippen molar-refractivity contribution in [3.63, 3.8) is 0 Å². The Hall–Kier alpha value is -1.42. The van der Waals surface area contributed by atoms with Crippen LogP contribution >= 0.6 is 0 Å². The highest BCUT2D eigenvalue weighted by Gasteiger charge is 2.53. The van der Waals surface area contributed by atoms with Crippen LogP contribution in [-0.4, -0.2) is 39.6 Å². The summed E-state index contributed by atoms with van der Waals surface area (Å²) in [4.78, 5) is 18.1. The number of β-amino-alcohol motifs (C(OH)–C–C–N with tert-alkyl or cyclic N) is 1. The van der Waals surface area contributed by atoms with E-state index in [0.29, 0.717) is 25.4 Å². The maximum Gasteiger partial charge on any atom is 0.223 e. The van der Waals surface area contributed by atoms with Gasteiger partial charge in [0.2, 0.25) is 5.91 Å². The molecular weight excluding hydrogens is 252 g/mol. The summed E-state index contributed by atoms with van der Waals surface area (Å²) in [6.45, 7) is 3.28. The van der Waals surface area contributed by atoms with Crippen LogP contribution < -0.4 is 0 Å². The molecule has 1 aliphatic heterocycles. The van der Waals surface area contributed by atoms with E-state index in [4.69, 9.17) is 0 Å². The van der Waals surface area contributed by atoms with Crippen molar-refractivity contribution in [3.8, 4) is 0 Å². The minimum atomic E-state index is -0.633. The molecular formula is C16H22N2O2. The second kappa shape index (κ2) is 5.17. The van der Waals surface area contributed by atoms with Gasteiger partial charge in [0.05, 0.1) is 5.60 Å². The molecule has 2 fully saturated rings. The van der Waals surface area contributed by atoms with Crippen LogP contribution in [0.3, 0.4) is 0 Å². The molecule has 1 saturated heterocycles. The number of aryl methyl sites for hydroxylation is 1. The molecule has 1 aromatic heterocycles. The van der Waals surface area contributed by atoms with Gasteiger partial charge in [-0.05, 0) is 42.9 Å². The number of carbonyl (C=O) groups is 1. The summed E-state index contributed by atoms with van der Waals surface area (Å²) in [5, 5.41) is 10.7. The lowest BCUT2D eigenvalue weighted by molar-refractivity contribution is -0.131. The minimum Gasteiger partial charge on any atom is -0.387 e. The van der Waals surface area contributed by atoms with Crippen LogP contribution in [-0.2, 0) is 11.2 Å². The van der Waals surface area contributed by atoms with E-state index in [-0.39, 0.29) is 11.8 Å². The Balaban J connectivity index is 1.56. The van der Waals surface area contributed by atoms with Crippen LogP contribution in [0.2, 0.25) is 0 Å². The third-order valence-corrected chi connectivity index (χ3v) is 4.81. The Bertz CT molecular complexity index is 487. The summed E-state index contributed by atoms with van der Waals surface area (Å²) in [5.41, 5.74) is 0.504. The fraction of sp³-hybridized carbons (Fsp3) is 0.625. The summed E-state index contributed by atoms with van der Waals surface area (Å²) in [6, 6.07) is 3.89. The molecule has 1 amide bonds. The smallest absolute Gasteiger partial charge is 0.223 e. The van der Waals surface area contributed by atoms with Crippen molar-refractivity contribution in [2.75, 3.05) is 13.1 Å². The Kier molecular flexibility index (Phi) is 3.50. The van der Waals surface area contributed by atoms with E-state index in [1.165, 1.54) is 0 Å². The number of pyridine rings is 1. The fourth-order valence-corrected chi connectivity index (χ4v) is 3.28. The molecule has 1 aliphatic carbocycles. The molecule has 4 heteroatoms. The molecule has 1 aromatic rings. The van der Waals surface area contributed by atoms with Crippen molar-refractivity contribution in [2.45, 2.75) is 38.2 Å². The molecule has 2 atom stereocenters. The van der Waals surface area contributed by atoms with Gasteiger partial charge in [0.1, 0.15) is 0 Å². The van der Waals surface area contributed by atoms with Crippen LogP contribution in [0.4, 0.5) is 0 Å². The van der Waals surface area contributed by atoms with Gasteiger partial charge in [-0.3, -0.25) is 9.78 Å². The van der Waals surface area contributed by atoms with Gasteiger partial charge in [-0.2, -0.15) is 0 Å². The molecule has 4 nitrogen and oxygen atoms in total. The van der Waals surface area contributed by atoms with Crippen molar-refractivity contribution in [1.82, 2.24) is 9.88 Å². The van der Waals surface area contributed by atoms with Crippen molar-refractivity contribution in [3.05, 3.63) is 30.1 Å². The van der Waals surface area contributed by atoms with Crippen LogP contribution in [0.1, 0.15) is 31.7 Å². The van der Waals surface area contributed by atoms with E-state index in [1.54, 1.807) is 12.4 Å². The first kappa shape index (κ1) is 13.6. The summed E-state index contributed by atoms with van der Waals surface area (Å²) >= 11 is 0. The maximum absolute atomic E-state index is 12.3. The maximum atomic E-state index is 12.3. The molecule has 1 saturated carbocycles. The summed E-state index contributed by atoms with van der Waals surface area (Å²) < 4.78 is 0.